The van der Waals surface area contributed by atoms with Crippen LogP contribution in [0.25, 0.3) is 5.69 Å². The summed E-state index contributed by atoms with van der Waals surface area (Å²) in [5, 5.41) is 8.22. The van der Waals surface area contributed by atoms with E-state index in [2.05, 4.69) is 10.3 Å². The minimum Gasteiger partial charge on any atom is -0.383 e. The monoisotopic (exact) mass is 407 g/mol. The molecular formula is C22H25N5O3. The highest BCUT2D eigenvalue weighted by Crippen LogP contribution is 2.26. The van der Waals surface area contributed by atoms with Crippen molar-refractivity contribution in [3.63, 3.8) is 0 Å². The number of carbonyl (C=O) groups excluding carboxylic acids is 2. The van der Waals surface area contributed by atoms with Crippen molar-refractivity contribution in [3.05, 3.63) is 59.1 Å². The first kappa shape index (κ1) is 19.9. The van der Waals surface area contributed by atoms with Crippen molar-refractivity contribution in [3.8, 4) is 5.69 Å². The molecule has 8 nitrogen and oxygen atoms in total. The summed E-state index contributed by atoms with van der Waals surface area (Å²) in [6.07, 6.45) is 3.78. The number of aryl methyl sites for hydroxylation is 2. The first-order valence-electron chi connectivity index (χ1n) is 10.1. The number of rotatable bonds is 6. The van der Waals surface area contributed by atoms with Crippen LogP contribution in [0.4, 0.5) is 5.82 Å². The third-order valence-electron chi connectivity index (χ3n) is 5.72. The average Bonchev–Trinajstić information content (AvgIpc) is 3.46. The SMILES string of the molecule is Cc1noc(C)c1CCC(=O)N1CCC[C@@H]1C(=O)c1cnn(-c2ccccc2)c1N. The highest BCUT2D eigenvalue weighted by molar-refractivity contribution is 6.05. The predicted molar refractivity (Wildman–Crippen MR) is 111 cm³/mol. The van der Waals surface area contributed by atoms with E-state index < -0.39 is 6.04 Å². The van der Waals surface area contributed by atoms with Gasteiger partial charge in [-0.25, -0.2) is 4.68 Å². The number of ketones is 1. The Kier molecular flexibility index (Phi) is 5.39. The fourth-order valence-corrected chi connectivity index (χ4v) is 4.07. The van der Waals surface area contributed by atoms with Gasteiger partial charge in [0.1, 0.15) is 11.6 Å². The molecule has 1 aromatic carbocycles. The summed E-state index contributed by atoms with van der Waals surface area (Å²) >= 11 is 0. The highest BCUT2D eigenvalue weighted by atomic mass is 16.5. The quantitative estimate of drug-likeness (QED) is 0.630. The molecule has 0 aliphatic carbocycles. The number of nitrogens with two attached hydrogens (primary N) is 1. The minimum atomic E-state index is -0.502. The van der Waals surface area contributed by atoms with E-state index in [9.17, 15) is 9.59 Å². The zero-order valence-electron chi connectivity index (χ0n) is 17.2. The molecule has 2 N–H and O–H groups in total. The van der Waals surface area contributed by atoms with Crippen LogP contribution >= 0.6 is 0 Å². The summed E-state index contributed by atoms with van der Waals surface area (Å²) in [4.78, 5) is 27.8. The van der Waals surface area contributed by atoms with Gasteiger partial charge in [-0.1, -0.05) is 23.4 Å². The second-order valence-corrected chi connectivity index (χ2v) is 7.60. The normalized spacial score (nSPS) is 16.2. The summed E-state index contributed by atoms with van der Waals surface area (Å²) < 4.78 is 6.72. The van der Waals surface area contributed by atoms with E-state index in [1.54, 1.807) is 9.58 Å². The van der Waals surface area contributed by atoms with Gasteiger partial charge in [0.2, 0.25) is 5.91 Å². The van der Waals surface area contributed by atoms with Crippen molar-refractivity contribution in [2.45, 2.75) is 45.6 Å². The van der Waals surface area contributed by atoms with Crippen molar-refractivity contribution in [1.82, 2.24) is 19.8 Å². The lowest BCUT2D eigenvalue weighted by atomic mass is 10.0. The van der Waals surface area contributed by atoms with Crippen molar-refractivity contribution in [1.29, 1.82) is 0 Å². The zero-order valence-corrected chi connectivity index (χ0v) is 17.2. The average molecular weight is 407 g/mol. The maximum Gasteiger partial charge on any atom is 0.223 e. The fraction of sp³-hybridized carbons (Fsp3) is 0.364. The van der Waals surface area contributed by atoms with Gasteiger partial charge in [-0.2, -0.15) is 5.10 Å². The van der Waals surface area contributed by atoms with Gasteiger partial charge in [0.25, 0.3) is 0 Å². The van der Waals surface area contributed by atoms with Gasteiger partial charge in [-0.15, -0.1) is 0 Å². The highest BCUT2D eigenvalue weighted by Gasteiger charge is 2.36. The minimum absolute atomic E-state index is 0.0418. The molecule has 3 heterocycles. The van der Waals surface area contributed by atoms with E-state index in [0.29, 0.717) is 37.2 Å². The van der Waals surface area contributed by atoms with Crippen LogP contribution in [0.15, 0.2) is 41.1 Å². The number of benzene rings is 1. The second-order valence-electron chi connectivity index (χ2n) is 7.60. The first-order valence-corrected chi connectivity index (χ1v) is 10.1. The number of nitrogens with zero attached hydrogens (tertiary/aromatic N) is 4. The van der Waals surface area contributed by atoms with Crippen LogP contribution in [0, 0.1) is 13.8 Å². The van der Waals surface area contributed by atoms with Crippen LogP contribution < -0.4 is 5.73 Å². The van der Waals surface area contributed by atoms with Gasteiger partial charge >= 0.3 is 0 Å². The molecule has 0 bridgehead atoms. The molecule has 4 rings (SSSR count). The van der Waals surface area contributed by atoms with E-state index in [4.69, 9.17) is 10.3 Å². The molecule has 0 saturated carbocycles. The number of hydrogen-bond donors (Lipinski definition) is 1. The van der Waals surface area contributed by atoms with Gasteiger partial charge in [-0.05, 0) is 45.2 Å². The zero-order chi connectivity index (χ0) is 21.3. The topological polar surface area (TPSA) is 107 Å². The van der Waals surface area contributed by atoms with E-state index in [1.165, 1.54) is 6.20 Å². The van der Waals surface area contributed by atoms with Crippen molar-refractivity contribution < 1.29 is 14.1 Å². The van der Waals surface area contributed by atoms with Gasteiger partial charge in [0.05, 0.1) is 29.2 Å². The Morgan fingerprint density at radius 1 is 1.23 bits per heavy atom. The number of para-hydroxylation sites is 1. The predicted octanol–water partition coefficient (Wildman–Crippen LogP) is 2.87. The molecule has 156 valence electrons. The van der Waals surface area contributed by atoms with Gasteiger partial charge in [0, 0.05) is 18.5 Å². The Balaban J connectivity index is 1.49. The molecule has 0 radical (unpaired) electrons. The molecule has 1 fully saturated rings. The molecule has 8 heteroatoms. The summed E-state index contributed by atoms with van der Waals surface area (Å²) in [6, 6.07) is 8.91. The molecule has 0 spiro atoms. The van der Waals surface area contributed by atoms with Crippen LogP contribution in [0.5, 0.6) is 0 Å². The number of likely N-dealkylation sites (tertiary alicyclic amines) is 1. The van der Waals surface area contributed by atoms with Gasteiger partial charge in [0.15, 0.2) is 5.78 Å². The van der Waals surface area contributed by atoms with Crippen LogP contribution in [0.3, 0.4) is 0 Å². The number of aromatic nitrogens is 3. The van der Waals surface area contributed by atoms with Crippen LogP contribution in [-0.4, -0.2) is 44.1 Å². The lowest BCUT2D eigenvalue weighted by molar-refractivity contribution is -0.131. The molecule has 0 unspecified atom stereocenters. The van der Waals surface area contributed by atoms with Crippen molar-refractivity contribution in [2.24, 2.45) is 0 Å². The molecule has 1 amide bonds. The molecule has 1 aliphatic rings. The summed E-state index contributed by atoms with van der Waals surface area (Å²) in [7, 11) is 0. The molecule has 1 saturated heterocycles. The van der Waals surface area contributed by atoms with E-state index in [-0.39, 0.29) is 11.7 Å². The number of anilines is 1. The van der Waals surface area contributed by atoms with Crippen LogP contribution in [0.1, 0.15) is 46.6 Å². The Labute approximate surface area is 174 Å². The number of hydrogen-bond acceptors (Lipinski definition) is 6. The molecular weight excluding hydrogens is 382 g/mol. The van der Waals surface area contributed by atoms with E-state index in [1.807, 2.05) is 44.2 Å². The summed E-state index contributed by atoms with van der Waals surface area (Å²) in [5.41, 5.74) is 9.14. The van der Waals surface area contributed by atoms with Gasteiger partial charge < -0.3 is 15.2 Å². The van der Waals surface area contributed by atoms with Crippen LogP contribution in [-0.2, 0) is 11.2 Å². The number of amides is 1. The maximum atomic E-state index is 13.2. The Morgan fingerprint density at radius 3 is 2.70 bits per heavy atom. The Hall–Kier alpha value is -3.42. The smallest absolute Gasteiger partial charge is 0.223 e. The number of Topliss-reactive ketones (excluding diaryl/α,β-unsaturated/α-hetero) is 1. The fourth-order valence-electron chi connectivity index (χ4n) is 4.07. The molecule has 3 aromatic rings. The largest absolute Gasteiger partial charge is 0.383 e. The molecule has 1 aliphatic heterocycles. The lowest BCUT2D eigenvalue weighted by Crippen LogP contribution is -2.40. The van der Waals surface area contributed by atoms with Crippen molar-refractivity contribution >= 4 is 17.5 Å². The third-order valence-corrected chi connectivity index (χ3v) is 5.72. The van der Waals surface area contributed by atoms with Crippen molar-refractivity contribution in [2.75, 3.05) is 12.3 Å². The van der Waals surface area contributed by atoms with E-state index >= 15 is 0 Å². The second kappa shape index (κ2) is 8.14. The maximum absolute atomic E-state index is 13.2. The lowest BCUT2D eigenvalue weighted by Gasteiger charge is -2.23. The molecule has 30 heavy (non-hydrogen) atoms. The van der Waals surface area contributed by atoms with E-state index in [0.717, 1.165) is 29.1 Å². The molecule has 1 atom stereocenters. The Morgan fingerprint density at radius 2 is 2.00 bits per heavy atom. The number of carbonyl (C=O) groups is 2. The third kappa shape index (κ3) is 3.60. The Bertz CT molecular complexity index is 1050. The standard InChI is InChI=1S/C22H25N5O3/c1-14-17(15(2)30-25-14)10-11-20(28)26-12-6-9-19(26)21(29)18-13-24-27(22(18)23)16-7-4-3-5-8-16/h3-5,7-8,13,19H,6,9-12,23H2,1-2H3/t19-/m1/s1. The summed E-state index contributed by atoms with van der Waals surface area (Å²) in [5.74, 6) is 0.828. The number of nitrogen functional groups attached to an aromatic ring is 1. The van der Waals surface area contributed by atoms with Crippen LogP contribution in [0.2, 0.25) is 0 Å². The molecule has 2 aromatic heterocycles. The summed E-state index contributed by atoms with van der Waals surface area (Å²) in [6.45, 7) is 4.28. The van der Waals surface area contributed by atoms with Gasteiger partial charge in [-0.3, -0.25) is 9.59 Å². The first-order chi connectivity index (χ1) is 14.5.